The van der Waals surface area contributed by atoms with Crippen LogP contribution in [0, 0.1) is 6.92 Å². The lowest BCUT2D eigenvalue weighted by molar-refractivity contribution is -0.210. The van der Waals surface area contributed by atoms with E-state index in [1.165, 1.54) is 6.08 Å². The molecule has 0 spiro atoms. The first kappa shape index (κ1) is 18.3. The number of benzene rings is 2. The molecule has 0 aromatic heterocycles. The summed E-state index contributed by atoms with van der Waals surface area (Å²) in [7, 11) is 1.78. The fraction of sp³-hybridized carbons (Fsp3) is 0.200. The fourth-order valence-electron chi connectivity index (χ4n) is 3.09. The third-order valence-electron chi connectivity index (χ3n) is 4.57. The van der Waals surface area contributed by atoms with Gasteiger partial charge in [-0.1, -0.05) is 36.4 Å². The molecule has 1 aliphatic rings. The second-order valence-corrected chi connectivity index (χ2v) is 6.10. The van der Waals surface area contributed by atoms with Crippen molar-refractivity contribution < 1.29 is 19.9 Å². The van der Waals surface area contributed by atoms with Crippen LogP contribution in [0.5, 0.6) is 0 Å². The molecule has 0 saturated carbocycles. The van der Waals surface area contributed by atoms with E-state index in [0.717, 1.165) is 27.3 Å². The average molecular weight is 365 g/mol. The first-order valence-corrected chi connectivity index (χ1v) is 8.52. The summed E-state index contributed by atoms with van der Waals surface area (Å²) < 4.78 is 5.09. The van der Waals surface area contributed by atoms with Gasteiger partial charge in [-0.25, -0.2) is 9.69 Å². The number of hydrogen-bond acceptors (Lipinski definition) is 5. The molecular weight excluding hydrogens is 344 g/mol. The second kappa shape index (κ2) is 7.82. The van der Waals surface area contributed by atoms with Crippen molar-refractivity contribution in [1.29, 1.82) is 0 Å². The summed E-state index contributed by atoms with van der Waals surface area (Å²) in [5.41, 5.74) is 9.36. The molecule has 0 bridgehead atoms. The number of nitrogens with one attached hydrogen (secondary N) is 1. The SMILES string of the molecule is CNc1ccc(/C=C/C(=O)N2C(=O)OC[C@@H]2c2ccccc2)c(C)c1N=[NH2+]. The number of rotatable bonds is 5. The van der Waals surface area contributed by atoms with Gasteiger partial charge in [0.1, 0.15) is 12.6 Å². The number of carbonyl (C=O) groups is 2. The zero-order valence-electron chi connectivity index (χ0n) is 15.2. The van der Waals surface area contributed by atoms with Crippen LogP contribution in [0.2, 0.25) is 0 Å². The van der Waals surface area contributed by atoms with Crippen LogP contribution in [-0.2, 0) is 9.53 Å². The molecule has 0 radical (unpaired) electrons. The molecule has 3 rings (SSSR count). The quantitative estimate of drug-likeness (QED) is 0.629. The minimum absolute atomic E-state index is 0.147. The molecule has 1 heterocycles. The van der Waals surface area contributed by atoms with Crippen molar-refractivity contribution in [3.8, 4) is 0 Å². The number of anilines is 1. The first-order chi connectivity index (χ1) is 13.1. The molecule has 7 nitrogen and oxygen atoms in total. The van der Waals surface area contributed by atoms with Crippen LogP contribution in [0.4, 0.5) is 16.2 Å². The van der Waals surface area contributed by atoms with Crippen molar-refractivity contribution >= 4 is 29.5 Å². The van der Waals surface area contributed by atoms with Gasteiger partial charge in [0.25, 0.3) is 5.91 Å². The van der Waals surface area contributed by atoms with Gasteiger partial charge >= 0.3 is 6.09 Å². The highest BCUT2D eigenvalue weighted by Crippen LogP contribution is 2.31. The average Bonchev–Trinajstić information content (AvgIpc) is 3.08. The van der Waals surface area contributed by atoms with Crippen molar-refractivity contribution in [3.05, 3.63) is 65.2 Å². The molecule has 7 heteroatoms. The van der Waals surface area contributed by atoms with Crippen LogP contribution < -0.4 is 10.8 Å². The van der Waals surface area contributed by atoms with E-state index < -0.39 is 18.0 Å². The Morgan fingerprint density at radius 2 is 2.04 bits per heavy atom. The number of nitrogens with zero attached hydrogens (tertiary/aromatic N) is 2. The molecule has 2 amide bonds. The maximum absolute atomic E-state index is 12.7. The molecule has 1 saturated heterocycles. The Kier molecular flexibility index (Phi) is 5.30. The topological polar surface area (TPSA) is 96.6 Å². The van der Waals surface area contributed by atoms with Crippen LogP contribution >= 0.6 is 0 Å². The number of amides is 2. The molecule has 138 valence electrons. The van der Waals surface area contributed by atoms with E-state index in [4.69, 9.17) is 10.3 Å². The first-order valence-electron chi connectivity index (χ1n) is 8.52. The van der Waals surface area contributed by atoms with E-state index in [-0.39, 0.29) is 6.61 Å². The van der Waals surface area contributed by atoms with Gasteiger partial charge in [-0.05, 0) is 40.9 Å². The van der Waals surface area contributed by atoms with Gasteiger partial charge in [0, 0.05) is 13.1 Å². The molecule has 2 aromatic carbocycles. The van der Waals surface area contributed by atoms with E-state index in [9.17, 15) is 9.59 Å². The highest BCUT2D eigenvalue weighted by molar-refractivity contribution is 6.02. The minimum atomic E-state index is -0.640. The molecule has 1 atom stereocenters. The smallest absolute Gasteiger partial charge is 0.417 e. The second-order valence-electron chi connectivity index (χ2n) is 6.10. The van der Waals surface area contributed by atoms with Crippen molar-refractivity contribution in [3.63, 3.8) is 0 Å². The molecule has 1 fully saturated rings. The molecule has 2 aromatic rings. The van der Waals surface area contributed by atoms with E-state index in [2.05, 4.69) is 10.4 Å². The lowest BCUT2D eigenvalue weighted by Crippen LogP contribution is -2.32. The number of cyclic esters (lactones) is 1. The number of nitrogens with two attached hydrogens (primary N) is 1. The lowest BCUT2D eigenvalue weighted by atomic mass is 10.0. The van der Waals surface area contributed by atoms with E-state index >= 15 is 0 Å². The van der Waals surface area contributed by atoms with E-state index in [0.29, 0.717) is 5.69 Å². The normalized spacial score (nSPS) is 16.4. The van der Waals surface area contributed by atoms with Crippen LogP contribution in [-0.4, -0.2) is 30.6 Å². The number of imide groups is 1. The molecule has 0 aliphatic carbocycles. The Bertz CT molecular complexity index is 909. The van der Waals surface area contributed by atoms with E-state index in [1.54, 1.807) is 13.1 Å². The zero-order valence-corrected chi connectivity index (χ0v) is 15.2. The third kappa shape index (κ3) is 3.57. The Balaban J connectivity index is 1.86. The van der Waals surface area contributed by atoms with Gasteiger partial charge in [-0.15, -0.1) is 0 Å². The Morgan fingerprint density at radius 1 is 1.30 bits per heavy atom. The van der Waals surface area contributed by atoms with Crippen molar-refractivity contribution in [2.24, 2.45) is 5.11 Å². The lowest BCUT2D eigenvalue weighted by Gasteiger charge is -2.18. The van der Waals surface area contributed by atoms with Crippen LogP contribution in [0.15, 0.2) is 53.7 Å². The maximum Gasteiger partial charge on any atom is 0.417 e. The maximum atomic E-state index is 12.7. The molecule has 0 unspecified atom stereocenters. The third-order valence-corrected chi connectivity index (χ3v) is 4.57. The highest BCUT2D eigenvalue weighted by atomic mass is 16.6. The van der Waals surface area contributed by atoms with E-state index in [1.807, 2.05) is 49.4 Å². The molecular formula is C20H21N4O3+. The molecule has 3 N–H and O–H groups in total. The Labute approximate surface area is 157 Å². The molecule has 27 heavy (non-hydrogen) atoms. The van der Waals surface area contributed by atoms with Gasteiger partial charge in [-0.2, -0.15) is 5.53 Å². The number of ether oxygens (including phenoxy) is 1. The van der Waals surface area contributed by atoms with Crippen molar-refractivity contribution in [1.82, 2.24) is 4.90 Å². The van der Waals surface area contributed by atoms with Gasteiger partial charge in [-0.3, -0.25) is 4.79 Å². The summed E-state index contributed by atoms with van der Waals surface area (Å²) in [5, 5.41) is 6.82. The predicted octanol–water partition coefficient (Wildman–Crippen LogP) is 2.61. The summed E-state index contributed by atoms with van der Waals surface area (Å²) in [6, 6.07) is 12.6. The van der Waals surface area contributed by atoms with Gasteiger partial charge in [0.05, 0.1) is 5.69 Å². The summed E-state index contributed by atoms with van der Waals surface area (Å²) in [5.74, 6) is -0.435. The van der Waals surface area contributed by atoms with Crippen LogP contribution in [0.1, 0.15) is 22.7 Å². The Morgan fingerprint density at radius 3 is 2.70 bits per heavy atom. The van der Waals surface area contributed by atoms with Gasteiger partial charge in [0.2, 0.25) is 0 Å². The zero-order chi connectivity index (χ0) is 19.4. The predicted molar refractivity (Wildman–Crippen MR) is 101 cm³/mol. The summed E-state index contributed by atoms with van der Waals surface area (Å²) in [4.78, 5) is 25.9. The van der Waals surface area contributed by atoms with Crippen LogP contribution in [0.25, 0.3) is 6.08 Å². The number of hydrogen-bond donors (Lipinski definition) is 2. The van der Waals surface area contributed by atoms with Gasteiger partial charge < -0.3 is 10.1 Å². The van der Waals surface area contributed by atoms with Crippen molar-refractivity contribution in [2.75, 3.05) is 19.0 Å². The van der Waals surface area contributed by atoms with Gasteiger partial charge in [0.15, 0.2) is 5.69 Å². The minimum Gasteiger partial charge on any atom is -0.446 e. The fourth-order valence-corrected chi connectivity index (χ4v) is 3.09. The summed E-state index contributed by atoms with van der Waals surface area (Å²) >= 11 is 0. The largest absolute Gasteiger partial charge is 0.446 e. The van der Waals surface area contributed by atoms with Crippen LogP contribution in [0.3, 0.4) is 0 Å². The van der Waals surface area contributed by atoms with Crippen molar-refractivity contribution in [2.45, 2.75) is 13.0 Å². The summed E-state index contributed by atoms with van der Waals surface area (Å²) in [6.45, 7) is 2.02. The standard InChI is InChI=1S/C20H20N4O3/c1-13-14(8-10-16(22-2)19(13)23-21)9-11-18(25)24-17(12-27-20(24)26)15-6-4-3-5-7-15/h3-11,17,21-22H,12H2,1-2H3/p+1/b11-9+,23-21?/t17-/m1/s1. The monoisotopic (exact) mass is 365 g/mol. The highest BCUT2D eigenvalue weighted by Gasteiger charge is 2.37. The Hall–Kier alpha value is -3.48. The molecule has 1 aliphatic heterocycles. The number of carbonyl (C=O) groups excluding carboxylic acids is 2. The summed E-state index contributed by atoms with van der Waals surface area (Å²) in [6.07, 6.45) is 2.38.